The minimum absolute atomic E-state index is 0.172. The van der Waals surface area contributed by atoms with Gasteiger partial charge in [0.25, 0.3) is 5.91 Å². The lowest BCUT2D eigenvalue weighted by atomic mass is 10.1. The molecular formula is C14H12ClFN2O. The van der Waals surface area contributed by atoms with E-state index in [4.69, 9.17) is 11.6 Å². The summed E-state index contributed by atoms with van der Waals surface area (Å²) in [6.45, 7) is 0.410. The number of nitrogens with zero attached hydrogens (tertiary/aromatic N) is 1. The molecule has 5 heteroatoms. The normalized spacial score (nSPS) is 10.2. The van der Waals surface area contributed by atoms with Gasteiger partial charge in [-0.2, -0.15) is 0 Å². The molecule has 1 N–H and O–H groups in total. The number of carbonyl (C=O) groups excluding carboxylic acids is 1. The standard InChI is InChI=1S/C14H12ClFN2O/c15-13-12(5-2-7-17-13)14(19)18-8-6-10-3-1-4-11(16)9-10/h1-5,7,9H,6,8H2,(H,18,19). The summed E-state index contributed by atoms with van der Waals surface area (Å²) in [7, 11) is 0. The van der Waals surface area contributed by atoms with E-state index in [0.29, 0.717) is 18.5 Å². The number of hydrogen-bond acceptors (Lipinski definition) is 2. The zero-order chi connectivity index (χ0) is 13.7. The first-order valence-electron chi connectivity index (χ1n) is 5.80. The van der Waals surface area contributed by atoms with Crippen molar-refractivity contribution in [2.24, 2.45) is 0 Å². The smallest absolute Gasteiger partial charge is 0.254 e. The summed E-state index contributed by atoms with van der Waals surface area (Å²) in [5.74, 6) is -0.561. The van der Waals surface area contributed by atoms with Crippen LogP contribution in [0.4, 0.5) is 4.39 Å². The molecule has 98 valence electrons. The number of rotatable bonds is 4. The highest BCUT2D eigenvalue weighted by molar-refractivity contribution is 6.32. The maximum atomic E-state index is 13.0. The van der Waals surface area contributed by atoms with Crippen molar-refractivity contribution in [3.63, 3.8) is 0 Å². The van der Waals surface area contributed by atoms with Gasteiger partial charge in [0.2, 0.25) is 0 Å². The predicted octanol–water partition coefficient (Wildman–Crippen LogP) is 2.85. The van der Waals surface area contributed by atoms with Crippen LogP contribution in [0.15, 0.2) is 42.6 Å². The van der Waals surface area contributed by atoms with Gasteiger partial charge in [-0.15, -0.1) is 0 Å². The van der Waals surface area contributed by atoms with Gasteiger partial charge in [0.15, 0.2) is 0 Å². The molecular weight excluding hydrogens is 267 g/mol. The van der Waals surface area contributed by atoms with Gasteiger partial charge in [-0.3, -0.25) is 4.79 Å². The molecule has 1 aromatic carbocycles. The van der Waals surface area contributed by atoms with Gasteiger partial charge in [0.1, 0.15) is 11.0 Å². The average molecular weight is 279 g/mol. The van der Waals surface area contributed by atoms with Crippen molar-refractivity contribution < 1.29 is 9.18 Å². The molecule has 0 spiro atoms. The Morgan fingerprint density at radius 2 is 2.16 bits per heavy atom. The van der Waals surface area contributed by atoms with Crippen LogP contribution >= 0.6 is 11.6 Å². The van der Waals surface area contributed by atoms with E-state index >= 15 is 0 Å². The molecule has 1 amide bonds. The quantitative estimate of drug-likeness (QED) is 0.874. The predicted molar refractivity (Wildman–Crippen MR) is 71.7 cm³/mol. The van der Waals surface area contributed by atoms with Crippen molar-refractivity contribution in [1.82, 2.24) is 10.3 Å². The Balaban J connectivity index is 1.90. The molecule has 0 saturated carbocycles. The van der Waals surface area contributed by atoms with E-state index in [9.17, 15) is 9.18 Å². The van der Waals surface area contributed by atoms with Crippen LogP contribution < -0.4 is 5.32 Å². The fourth-order valence-electron chi connectivity index (χ4n) is 1.66. The number of amides is 1. The third-order valence-electron chi connectivity index (χ3n) is 2.59. The highest BCUT2D eigenvalue weighted by atomic mass is 35.5. The largest absolute Gasteiger partial charge is 0.352 e. The Bertz CT molecular complexity index is 589. The third kappa shape index (κ3) is 3.76. The second-order valence-corrected chi connectivity index (χ2v) is 4.34. The molecule has 0 atom stereocenters. The molecule has 0 unspecified atom stereocenters. The molecule has 0 radical (unpaired) electrons. The number of aromatic nitrogens is 1. The number of benzene rings is 1. The van der Waals surface area contributed by atoms with Gasteiger partial charge in [-0.1, -0.05) is 23.7 Å². The van der Waals surface area contributed by atoms with Crippen LogP contribution in [0.5, 0.6) is 0 Å². The van der Waals surface area contributed by atoms with Crippen LogP contribution in [0, 0.1) is 5.82 Å². The zero-order valence-electron chi connectivity index (χ0n) is 10.1. The lowest BCUT2D eigenvalue weighted by molar-refractivity contribution is 0.0954. The maximum Gasteiger partial charge on any atom is 0.254 e. The molecule has 0 aliphatic carbocycles. The molecule has 0 fully saturated rings. The van der Waals surface area contributed by atoms with Gasteiger partial charge >= 0.3 is 0 Å². The fraction of sp³-hybridized carbons (Fsp3) is 0.143. The van der Waals surface area contributed by atoms with Gasteiger partial charge in [-0.25, -0.2) is 9.37 Å². The molecule has 0 saturated heterocycles. The summed E-state index contributed by atoms with van der Waals surface area (Å²) in [6.07, 6.45) is 2.08. The van der Waals surface area contributed by atoms with E-state index in [0.717, 1.165) is 5.56 Å². The molecule has 2 rings (SSSR count). The van der Waals surface area contributed by atoms with Crippen LogP contribution in [0.25, 0.3) is 0 Å². The van der Waals surface area contributed by atoms with Crippen molar-refractivity contribution in [2.75, 3.05) is 6.54 Å². The van der Waals surface area contributed by atoms with E-state index in [1.807, 2.05) is 6.07 Å². The Morgan fingerprint density at radius 1 is 1.32 bits per heavy atom. The first-order valence-corrected chi connectivity index (χ1v) is 6.18. The number of halogens is 2. The summed E-state index contributed by atoms with van der Waals surface area (Å²) >= 11 is 5.81. The molecule has 1 aromatic heterocycles. The van der Waals surface area contributed by atoms with Crippen LogP contribution in [-0.2, 0) is 6.42 Å². The van der Waals surface area contributed by atoms with Gasteiger partial charge in [0, 0.05) is 12.7 Å². The molecule has 0 aliphatic rings. The topological polar surface area (TPSA) is 42.0 Å². The number of pyridine rings is 1. The second-order valence-electron chi connectivity index (χ2n) is 3.98. The van der Waals surface area contributed by atoms with Crippen molar-refractivity contribution in [3.05, 3.63) is 64.7 Å². The van der Waals surface area contributed by atoms with Crippen molar-refractivity contribution in [2.45, 2.75) is 6.42 Å². The SMILES string of the molecule is O=C(NCCc1cccc(F)c1)c1cccnc1Cl. The lowest BCUT2D eigenvalue weighted by Gasteiger charge is -2.06. The summed E-state index contributed by atoms with van der Waals surface area (Å²) in [5, 5.41) is 2.89. The first-order chi connectivity index (χ1) is 9.16. The Kier molecular flexibility index (Phi) is 4.47. The Labute approximate surface area is 115 Å². The fourth-order valence-corrected chi connectivity index (χ4v) is 1.87. The van der Waals surface area contributed by atoms with E-state index in [-0.39, 0.29) is 16.9 Å². The second kappa shape index (κ2) is 6.29. The molecule has 19 heavy (non-hydrogen) atoms. The number of carbonyl (C=O) groups is 1. The Hall–Kier alpha value is -1.94. The van der Waals surface area contributed by atoms with Gasteiger partial charge in [-0.05, 0) is 36.2 Å². The third-order valence-corrected chi connectivity index (χ3v) is 2.89. The highest BCUT2D eigenvalue weighted by Crippen LogP contribution is 2.11. The van der Waals surface area contributed by atoms with Gasteiger partial charge in [0.05, 0.1) is 5.56 Å². The molecule has 0 aliphatic heterocycles. The summed E-state index contributed by atoms with van der Waals surface area (Å²) in [6, 6.07) is 9.54. The van der Waals surface area contributed by atoms with E-state index in [2.05, 4.69) is 10.3 Å². The minimum Gasteiger partial charge on any atom is -0.352 e. The van der Waals surface area contributed by atoms with Crippen LogP contribution in [0.2, 0.25) is 5.15 Å². The van der Waals surface area contributed by atoms with Crippen molar-refractivity contribution in [1.29, 1.82) is 0 Å². The van der Waals surface area contributed by atoms with E-state index in [1.54, 1.807) is 18.2 Å². The maximum absolute atomic E-state index is 13.0. The lowest BCUT2D eigenvalue weighted by Crippen LogP contribution is -2.26. The molecule has 0 bridgehead atoms. The van der Waals surface area contributed by atoms with Crippen LogP contribution in [0.3, 0.4) is 0 Å². The van der Waals surface area contributed by atoms with Crippen LogP contribution in [0.1, 0.15) is 15.9 Å². The van der Waals surface area contributed by atoms with Gasteiger partial charge < -0.3 is 5.32 Å². The number of nitrogens with one attached hydrogen (secondary N) is 1. The molecule has 2 aromatic rings. The summed E-state index contributed by atoms with van der Waals surface area (Å²) in [4.78, 5) is 15.6. The minimum atomic E-state index is -0.283. The molecule has 1 heterocycles. The summed E-state index contributed by atoms with van der Waals surface area (Å²) < 4.78 is 13.0. The molecule has 3 nitrogen and oxygen atoms in total. The van der Waals surface area contributed by atoms with Crippen molar-refractivity contribution in [3.8, 4) is 0 Å². The highest BCUT2D eigenvalue weighted by Gasteiger charge is 2.09. The number of hydrogen-bond donors (Lipinski definition) is 1. The van der Waals surface area contributed by atoms with E-state index < -0.39 is 0 Å². The first kappa shape index (κ1) is 13.5. The zero-order valence-corrected chi connectivity index (χ0v) is 10.8. The van der Waals surface area contributed by atoms with Crippen LogP contribution in [-0.4, -0.2) is 17.4 Å². The van der Waals surface area contributed by atoms with E-state index in [1.165, 1.54) is 18.3 Å². The average Bonchev–Trinajstić information content (AvgIpc) is 2.39. The van der Waals surface area contributed by atoms with Crippen molar-refractivity contribution >= 4 is 17.5 Å². The summed E-state index contributed by atoms with van der Waals surface area (Å²) in [5.41, 5.74) is 1.17. The Morgan fingerprint density at radius 3 is 2.89 bits per heavy atom. The monoisotopic (exact) mass is 278 g/mol.